The zero-order valence-electron chi connectivity index (χ0n) is 19.0. The summed E-state index contributed by atoms with van der Waals surface area (Å²) in [4.78, 5) is 16.7. The molecule has 4 rings (SSSR count). The van der Waals surface area contributed by atoms with Crippen molar-refractivity contribution in [3.63, 3.8) is 0 Å². The van der Waals surface area contributed by atoms with Crippen LogP contribution in [0.15, 0.2) is 66.7 Å². The van der Waals surface area contributed by atoms with Crippen LogP contribution in [0.3, 0.4) is 0 Å². The first-order chi connectivity index (χ1) is 16.1. The molecule has 8 heteroatoms. The molecule has 1 heterocycles. The Hall–Kier alpha value is -3.52. The molecule has 2 atom stereocenters. The second-order valence-electron chi connectivity index (χ2n) is 8.39. The highest BCUT2D eigenvalue weighted by Gasteiger charge is 2.42. The van der Waals surface area contributed by atoms with Crippen molar-refractivity contribution < 1.29 is 27.8 Å². The van der Waals surface area contributed by atoms with Crippen molar-refractivity contribution in [2.24, 2.45) is 0 Å². The summed E-state index contributed by atoms with van der Waals surface area (Å²) in [5.41, 5.74) is 0.838. The van der Waals surface area contributed by atoms with Crippen molar-refractivity contribution in [2.45, 2.75) is 24.6 Å². The molecular formula is C26H25F3N2O3. The molecule has 0 saturated carbocycles. The topological polar surface area (TPSA) is 53.0 Å². The van der Waals surface area contributed by atoms with E-state index >= 15 is 0 Å². The number of benzene rings is 3. The number of rotatable bonds is 4. The number of hydrogen-bond acceptors (Lipinski definition) is 4. The van der Waals surface area contributed by atoms with Crippen LogP contribution in [0.2, 0.25) is 0 Å². The normalized spacial score (nSPS) is 18.3. The van der Waals surface area contributed by atoms with Crippen LogP contribution in [-0.2, 0) is 17.4 Å². The van der Waals surface area contributed by atoms with Gasteiger partial charge in [-0.1, -0.05) is 30.3 Å². The largest absolute Gasteiger partial charge is 0.497 e. The van der Waals surface area contributed by atoms with Crippen LogP contribution in [0.1, 0.15) is 22.6 Å². The number of aliphatic hydroxyl groups excluding tert-OH is 1. The number of hydrogen-bond donors (Lipinski definition) is 1. The first-order valence-corrected chi connectivity index (χ1v) is 10.7. The number of ether oxygens (including phenoxy) is 1. The quantitative estimate of drug-likeness (QED) is 0.573. The Labute approximate surface area is 196 Å². The van der Waals surface area contributed by atoms with E-state index in [4.69, 9.17) is 4.74 Å². The SMILES string of the molecule is COc1ccc(C2Cc3c(cccc3C(F)(F)F)N(c3ccccc3N(C)C)C(=O)[C@@H]2O)cc1. The van der Waals surface area contributed by atoms with E-state index in [1.54, 1.807) is 67.5 Å². The highest BCUT2D eigenvalue weighted by molar-refractivity contribution is 6.07. The van der Waals surface area contributed by atoms with Gasteiger partial charge in [-0.15, -0.1) is 0 Å². The van der Waals surface area contributed by atoms with Crippen molar-refractivity contribution >= 4 is 23.0 Å². The third-order valence-corrected chi connectivity index (χ3v) is 6.12. The lowest BCUT2D eigenvalue weighted by atomic mass is 9.86. The first-order valence-electron chi connectivity index (χ1n) is 10.7. The maximum atomic E-state index is 14.1. The van der Waals surface area contributed by atoms with Crippen LogP contribution in [0.25, 0.3) is 0 Å². The predicted octanol–water partition coefficient (Wildman–Crippen LogP) is 5.15. The minimum absolute atomic E-state index is 0.0331. The summed E-state index contributed by atoms with van der Waals surface area (Å²) >= 11 is 0. The Morgan fingerprint density at radius 1 is 0.971 bits per heavy atom. The third-order valence-electron chi connectivity index (χ3n) is 6.12. The molecule has 0 saturated heterocycles. The van der Waals surface area contributed by atoms with E-state index in [1.165, 1.54) is 24.1 Å². The van der Waals surface area contributed by atoms with Crippen molar-refractivity contribution in [2.75, 3.05) is 31.0 Å². The summed E-state index contributed by atoms with van der Waals surface area (Å²) in [6.07, 6.45) is -6.34. The number of anilines is 3. The van der Waals surface area contributed by atoms with Gasteiger partial charge in [-0.25, -0.2) is 0 Å². The van der Waals surface area contributed by atoms with Crippen LogP contribution >= 0.6 is 0 Å². The number of amides is 1. The van der Waals surface area contributed by atoms with Gasteiger partial charge in [0.05, 0.1) is 29.7 Å². The summed E-state index contributed by atoms with van der Waals surface area (Å²) in [6, 6.07) is 17.4. The molecule has 0 aliphatic carbocycles. The van der Waals surface area contributed by atoms with Crippen LogP contribution in [0.4, 0.5) is 30.2 Å². The van der Waals surface area contributed by atoms with Crippen molar-refractivity contribution in [3.8, 4) is 5.75 Å². The minimum atomic E-state index is -4.62. The van der Waals surface area contributed by atoms with Gasteiger partial charge in [-0.3, -0.25) is 9.69 Å². The molecule has 3 aromatic rings. The van der Waals surface area contributed by atoms with Gasteiger partial charge in [-0.2, -0.15) is 13.2 Å². The Morgan fingerprint density at radius 3 is 2.24 bits per heavy atom. The lowest BCUT2D eigenvalue weighted by molar-refractivity contribution is -0.138. The van der Waals surface area contributed by atoms with E-state index in [9.17, 15) is 23.1 Å². The molecule has 1 amide bonds. The summed E-state index contributed by atoms with van der Waals surface area (Å²) in [5, 5.41) is 11.2. The lowest BCUT2D eigenvalue weighted by Crippen LogP contribution is -2.38. The molecule has 3 aromatic carbocycles. The van der Waals surface area contributed by atoms with Gasteiger partial charge < -0.3 is 14.7 Å². The van der Waals surface area contributed by atoms with Gasteiger partial charge in [0, 0.05) is 20.0 Å². The molecule has 1 aliphatic rings. The molecule has 1 aliphatic heterocycles. The van der Waals surface area contributed by atoms with Gasteiger partial charge in [-0.05, 0) is 53.9 Å². The second-order valence-corrected chi connectivity index (χ2v) is 8.39. The number of alkyl halides is 3. The fourth-order valence-corrected chi connectivity index (χ4v) is 4.45. The van der Waals surface area contributed by atoms with E-state index in [0.29, 0.717) is 22.7 Å². The van der Waals surface area contributed by atoms with Gasteiger partial charge in [0.15, 0.2) is 0 Å². The van der Waals surface area contributed by atoms with Crippen molar-refractivity contribution in [3.05, 3.63) is 83.4 Å². The van der Waals surface area contributed by atoms with E-state index in [-0.39, 0.29) is 17.7 Å². The molecular weight excluding hydrogens is 445 g/mol. The number of para-hydroxylation sites is 2. The Balaban J connectivity index is 1.96. The highest BCUT2D eigenvalue weighted by atomic mass is 19.4. The molecule has 0 spiro atoms. The van der Waals surface area contributed by atoms with Gasteiger partial charge in [0.2, 0.25) is 0 Å². The molecule has 1 unspecified atom stereocenters. The maximum Gasteiger partial charge on any atom is 0.416 e. The fraction of sp³-hybridized carbons (Fsp3) is 0.269. The zero-order chi connectivity index (χ0) is 24.6. The van der Waals surface area contributed by atoms with Crippen molar-refractivity contribution in [1.82, 2.24) is 0 Å². The molecule has 1 N–H and O–H groups in total. The minimum Gasteiger partial charge on any atom is -0.497 e. The number of nitrogens with zero attached hydrogens (tertiary/aromatic N) is 2. The first kappa shape index (κ1) is 23.6. The van der Waals surface area contributed by atoms with E-state index in [1.807, 2.05) is 0 Å². The number of carbonyl (C=O) groups is 1. The summed E-state index contributed by atoms with van der Waals surface area (Å²) in [6.45, 7) is 0. The molecule has 0 radical (unpaired) electrons. The summed E-state index contributed by atoms with van der Waals surface area (Å²) < 4.78 is 47.4. The zero-order valence-corrected chi connectivity index (χ0v) is 19.0. The molecule has 178 valence electrons. The monoisotopic (exact) mass is 470 g/mol. The van der Waals surface area contributed by atoms with E-state index < -0.39 is 29.7 Å². The Bertz CT molecular complexity index is 1190. The highest BCUT2D eigenvalue weighted by Crippen LogP contribution is 2.45. The van der Waals surface area contributed by atoms with Crippen molar-refractivity contribution in [1.29, 1.82) is 0 Å². The molecule has 5 nitrogen and oxygen atoms in total. The van der Waals surface area contributed by atoms with Gasteiger partial charge in [0.25, 0.3) is 5.91 Å². The molecule has 34 heavy (non-hydrogen) atoms. The smallest absolute Gasteiger partial charge is 0.416 e. The standard InChI is InChI=1S/C26H25F3N2O3/c1-30(2)22-8-4-5-9-23(22)31-21-10-6-7-20(26(27,28)29)19(21)15-18(24(32)25(31)33)16-11-13-17(34-3)14-12-16/h4-14,18,24,32H,15H2,1-3H3/t18?,24-/m1/s1. The third kappa shape index (κ3) is 4.21. The summed E-state index contributed by atoms with van der Waals surface area (Å²) in [7, 11) is 5.07. The number of halogens is 3. The lowest BCUT2D eigenvalue weighted by Gasteiger charge is -2.29. The Kier molecular flexibility index (Phi) is 6.27. The van der Waals surface area contributed by atoms with E-state index in [0.717, 1.165) is 6.07 Å². The van der Waals surface area contributed by atoms with Crippen LogP contribution in [0.5, 0.6) is 5.75 Å². The van der Waals surface area contributed by atoms with E-state index in [2.05, 4.69) is 0 Å². The predicted molar refractivity (Wildman–Crippen MR) is 125 cm³/mol. The van der Waals surface area contributed by atoms with Crippen LogP contribution < -0.4 is 14.5 Å². The average Bonchev–Trinajstić information content (AvgIpc) is 2.92. The van der Waals surface area contributed by atoms with Gasteiger partial charge in [0.1, 0.15) is 11.9 Å². The molecule has 0 fully saturated rings. The van der Waals surface area contributed by atoms with Gasteiger partial charge >= 0.3 is 6.18 Å². The molecule has 0 aromatic heterocycles. The maximum absolute atomic E-state index is 14.1. The second kappa shape index (κ2) is 9.02. The number of methoxy groups -OCH3 is 1. The average molecular weight is 470 g/mol. The Morgan fingerprint density at radius 2 is 1.62 bits per heavy atom. The fourth-order valence-electron chi connectivity index (χ4n) is 4.45. The number of aliphatic hydroxyl groups is 1. The number of carbonyl (C=O) groups excluding carboxylic acids is 1. The van der Waals surface area contributed by atoms with Crippen LogP contribution in [0, 0.1) is 0 Å². The molecule has 0 bridgehead atoms. The summed E-state index contributed by atoms with van der Waals surface area (Å²) in [5.74, 6) is -0.999. The van der Waals surface area contributed by atoms with Crippen LogP contribution in [-0.4, -0.2) is 38.3 Å². The number of fused-ring (bicyclic) bond motifs is 1.